The fraction of sp³-hybridized carbons (Fsp3) is 0.286. The Morgan fingerprint density at radius 3 is 2.40 bits per heavy atom. The van der Waals surface area contributed by atoms with Gasteiger partial charge in [0.2, 0.25) is 0 Å². The normalized spacial score (nSPS) is 10.2. The number of hydrogen-bond acceptors (Lipinski definition) is 5. The van der Waals surface area contributed by atoms with Gasteiger partial charge in [-0.25, -0.2) is 4.79 Å². The maximum Gasteiger partial charge on any atom is 0.341 e. The second-order valence-electron chi connectivity index (χ2n) is 3.98. The fourth-order valence-corrected chi connectivity index (χ4v) is 1.82. The second-order valence-corrected chi connectivity index (χ2v) is 3.98. The van der Waals surface area contributed by atoms with Crippen molar-refractivity contribution in [2.75, 3.05) is 20.8 Å². The highest BCUT2D eigenvalue weighted by Crippen LogP contribution is 2.30. The number of nitrogens with zero attached hydrogens (tertiary/aromatic N) is 1. The molecule has 0 atom stereocenters. The zero-order valence-corrected chi connectivity index (χ0v) is 11.6. The predicted molar refractivity (Wildman–Crippen MR) is 73.1 cm³/mol. The lowest BCUT2D eigenvalue weighted by Crippen LogP contribution is -2.05. The van der Waals surface area contributed by atoms with Crippen molar-refractivity contribution in [2.45, 2.75) is 6.92 Å². The third kappa shape index (κ3) is 2.74. The Labute approximate surface area is 116 Å². The van der Waals surface area contributed by atoms with Crippen LogP contribution < -0.4 is 9.47 Å². The minimum absolute atomic E-state index is 0.310. The van der Waals surface area contributed by atoms with Crippen molar-refractivity contribution in [2.24, 2.45) is 0 Å². The molecule has 0 saturated heterocycles. The molecule has 0 radical (unpaired) electrons. The first-order valence-corrected chi connectivity index (χ1v) is 6.13. The van der Waals surface area contributed by atoms with Crippen LogP contribution in [-0.2, 0) is 4.74 Å². The number of rotatable bonds is 5. The summed E-state index contributed by atoms with van der Waals surface area (Å²) in [6.07, 6.45) is 1.44. The number of carbonyl (C=O) groups excluding carboxylic acids is 1. The first-order valence-electron chi connectivity index (χ1n) is 6.13. The van der Waals surface area contributed by atoms with Crippen LogP contribution in [0.3, 0.4) is 0 Å². The first kappa shape index (κ1) is 13.9. The van der Waals surface area contributed by atoms with Crippen LogP contribution in [-0.4, -0.2) is 37.0 Å². The van der Waals surface area contributed by atoms with E-state index >= 15 is 0 Å². The van der Waals surface area contributed by atoms with E-state index in [0.29, 0.717) is 29.4 Å². The molecule has 0 unspecified atom stereocenters. The second kappa shape index (κ2) is 6.10. The van der Waals surface area contributed by atoms with E-state index in [2.05, 4.69) is 10.2 Å². The molecule has 0 aliphatic heterocycles. The Balaban J connectivity index is 2.46. The van der Waals surface area contributed by atoms with E-state index in [9.17, 15) is 4.79 Å². The van der Waals surface area contributed by atoms with Crippen LogP contribution in [0.25, 0.3) is 11.3 Å². The van der Waals surface area contributed by atoms with Crippen molar-refractivity contribution in [1.82, 2.24) is 10.2 Å². The van der Waals surface area contributed by atoms with Gasteiger partial charge in [-0.15, -0.1) is 0 Å². The van der Waals surface area contributed by atoms with Gasteiger partial charge in [-0.05, 0) is 19.1 Å². The lowest BCUT2D eigenvalue weighted by Gasteiger charge is -2.08. The molecule has 0 aliphatic carbocycles. The summed E-state index contributed by atoms with van der Waals surface area (Å²) < 4.78 is 15.4. The van der Waals surface area contributed by atoms with E-state index in [4.69, 9.17) is 14.2 Å². The van der Waals surface area contributed by atoms with Crippen molar-refractivity contribution in [1.29, 1.82) is 0 Å². The number of carbonyl (C=O) groups is 1. The van der Waals surface area contributed by atoms with E-state index in [1.807, 2.05) is 0 Å². The average molecular weight is 276 g/mol. The number of esters is 1. The quantitative estimate of drug-likeness (QED) is 0.848. The molecule has 0 saturated carbocycles. The summed E-state index contributed by atoms with van der Waals surface area (Å²) in [5.74, 6) is 0.838. The minimum Gasteiger partial charge on any atom is -0.497 e. The Morgan fingerprint density at radius 2 is 1.85 bits per heavy atom. The topological polar surface area (TPSA) is 73.4 Å². The molecule has 6 heteroatoms. The third-order valence-electron chi connectivity index (χ3n) is 2.77. The lowest BCUT2D eigenvalue weighted by molar-refractivity contribution is 0.0527. The van der Waals surface area contributed by atoms with Gasteiger partial charge in [0.1, 0.15) is 17.1 Å². The number of benzene rings is 1. The highest BCUT2D eigenvalue weighted by Gasteiger charge is 2.17. The number of hydrogen-bond donors (Lipinski definition) is 1. The number of nitrogens with one attached hydrogen (secondary N) is 1. The first-order chi connectivity index (χ1) is 9.69. The van der Waals surface area contributed by atoms with Crippen LogP contribution in [0.2, 0.25) is 0 Å². The number of aromatic nitrogens is 2. The summed E-state index contributed by atoms with van der Waals surface area (Å²) in [5.41, 5.74) is 1.68. The summed E-state index contributed by atoms with van der Waals surface area (Å²) in [5, 5.41) is 6.71. The van der Waals surface area contributed by atoms with Crippen molar-refractivity contribution >= 4 is 5.97 Å². The summed E-state index contributed by atoms with van der Waals surface area (Å²) >= 11 is 0. The molecular formula is C14H16N2O4. The third-order valence-corrected chi connectivity index (χ3v) is 2.77. The standard InChI is InChI=1S/C14H16N2O4/c1-4-20-14(17)12-8-15-16-13(12)9-5-10(18-2)7-11(6-9)19-3/h5-8H,4H2,1-3H3,(H,15,16). The number of ether oxygens (including phenoxy) is 3. The molecule has 1 aromatic carbocycles. The number of H-pyrrole nitrogens is 1. The highest BCUT2D eigenvalue weighted by molar-refractivity contribution is 5.96. The Kier molecular flexibility index (Phi) is 4.24. The van der Waals surface area contributed by atoms with Crippen LogP contribution >= 0.6 is 0 Å². The Morgan fingerprint density at radius 1 is 1.20 bits per heavy atom. The van der Waals surface area contributed by atoms with Gasteiger partial charge in [0, 0.05) is 11.6 Å². The molecule has 1 N–H and O–H groups in total. The molecule has 2 rings (SSSR count). The monoisotopic (exact) mass is 276 g/mol. The summed E-state index contributed by atoms with van der Waals surface area (Å²) in [6, 6.07) is 5.33. The van der Waals surface area contributed by atoms with Gasteiger partial charge in [0.25, 0.3) is 0 Å². The zero-order chi connectivity index (χ0) is 14.5. The molecule has 1 heterocycles. The van der Waals surface area contributed by atoms with Gasteiger partial charge < -0.3 is 14.2 Å². The summed E-state index contributed by atoms with van der Waals surface area (Å²) in [6.45, 7) is 2.07. The van der Waals surface area contributed by atoms with Gasteiger partial charge in [-0.1, -0.05) is 0 Å². The Bertz CT molecular complexity index is 585. The molecular weight excluding hydrogens is 260 g/mol. The zero-order valence-electron chi connectivity index (χ0n) is 11.6. The van der Waals surface area contributed by atoms with Crippen molar-refractivity contribution in [3.8, 4) is 22.8 Å². The van der Waals surface area contributed by atoms with E-state index in [1.54, 1.807) is 39.3 Å². The van der Waals surface area contributed by atoms with Gasteiger partial charge in [0.05, 0.1) is 32.7 Å². The lowest BCUT2D eigenvalue weighted by atomic mass is 10.1. The molecule has 0 aliphatic rings. The summed E-state index contributed by atoms with van der Waals surface area (Å²) in [4.78, 5) is 11.9. The van der Waals surface area contributed by atoms with Crippen LogP contribution in [0.4, 0.5) is 0 Å². The van der Waals surface area contributed by atoms with Crippen molar-refractivity contribution in [3.05, 3.63) is 30.0 Å². The molecule has 20 heavy (non-hydrogen) atoms. The molecule has 2 aromatic rings. The van der Waals surface area contributed by atoms with Gasteiger partial charge in [0.15, 0.2) is 0 Å². The molecule has 1 aromatic heterocycles. The molecule has 0 fully saturated rings. The van der Waals surface area contributed by atoms with Crippen LogP contribution in [0.5, 0.6) is 11.5 Å². The Hall–Kier alpha value is -2.50. The molecule has 0 bridgehead atoms. The van der Waals surface area contributed by atoms with Crippen LogP contribution in [0.15, 0.2) is 24.4 Å². The van der Waals surface area contributed by atoms with Crippen molar-refractivity contribution < 1.29 is 19.0 Å². The highest BCUT2D eigenvalue weighted by atomic mass is 16.5. The molecule has 0 amide bonds. The van der Waals surface area contributed by atoms with Crippen molar-refractivity contribution in [3.63, 3.8) is 0 Å². The molecule has 106 valence electrons. The van der Waals surface area contributed by atoms with Crippen LogP contribution in [0.1, 0.15) is 17.3 Å². The predicted octanol–water partition coefficient (Wildman–Crippen LogP) is 2.27. The SMILES string of the molecule is CCOC(=O)c1cn[nH]c1-c1cc(OC)cc(OC)c1. The summed E-state index contributed by atoms with van der Waals surface area (Å²) in [7, 11) is 3.13. The largest absolute Gasteiger partial charge is 0.497 e. The minimum atomic E-state index is -0.418. The van der Waals surface area contributed by atoms with E-state index in [-0.39, 0.29) is 0 Å². The number of methoxy groups -OCH3 is 2. The maximum atomic E-state index is 11.9. The van der Waals surface area contributed by atoms with E-state index in [1.165, 1.54) is 6.20 Å². The number of aromatic amines is 1. The maximum absolute atomic E-state index is 11.9. The van der Waals surface area contributed by atoms with E-state index < -0.39 is 5.97 Å². The smallest absolute Gasteiger partial charge is 0.341 e. The van der Waals surface area contributed by atoms with Gasteiger partial charge >= 0.3 is 5.97 Å². The fourth-order valence-electron chi connectivity index (χ4n) is 1.82. The van der Waals surface area contributed by atoms with E-state index in [0.717, 1.165) is 5.56 Å². The van der Waals surface area contributed by atoms with Crippen LogP contribution in [0, 0.1) is 0 Å². The molecule has 0 spiro atoms. The molecule has 6 nitrogen and oxygen atoms in total. The average Bonchev–Trinajstić information content (AvgIpc) is 2.96. The van der Waals surface area contributed by atoms with Gasteiger partial charge in [-0.3, -0.25) is 5.10 Å². The van der Waals surface area contributed by atoms with Gasteiger partial charge in [-0.2, -0.15) is 5.10 Å².